The maximum absolute atomic E-state index is 12.2. The number of carboxylic acids is 1. The van der Waals surface area contributed by atoms with Gasteiger partial charge >= 0.3 is 5.97 Å². The fourth-order valence-corrected chi connectivity index (χ4v) is 5.15. The molecule has 0 aromatic heterocycles. The number of β-amino-alcohol motifs (C(OH)–C–C–N with tert-alkyl or cyclic N) is 1. The van der Waals surface area contributed by atoms with E-state index in [-0.39, 0.29) is 34.3 Å². The van der Waals surface area contributed by atoms with Crippen LogP contribution >= 0.6 is 23.2 Å². The van der Waals surface area contributed by atoms with E-state index in [1.54, 1.807) is 0 Å². The van der Waals surface area contributed by atoms with Gasteiger partial charge in [0.25, 0.3) is 5.91 Å². The number of piperidine rings is 1. The topological polar surface area (TPSA) is 118 Å². The lowest BCUT2D eigenvalue weighted by atomic mass is 9.87. The molecule has 206 valence electrons. The summed E-state index contributed by atoms with van der Waals surface area (Å²) in [6, 6.07) is 8.50. The monoisotopic (exact) mass is 566 g/mol. The predicted octanol–water partition coefficient (Wildman–Crippen LogP) is 3.80. The zero-order valence-corrected chi connectivity index (χ0v) is 23.1. The first-order valence-corrected chi connectivity index (χ1v) is 13.2. The van der Waals surface area contributed by atoms with E-state index < -0.39 is 23.6 Å². The third kappa shape index (κ3) is 6.29. The average Bonchev–Trinajstić information content (AvgIpc) is 3.21. The number of amides is 1. The van der Waals surface area contributed by atoms with Crippen LogP contribution in [0, 0.1) is 0 Å². The zero-order chi connectivity index (χ0) is 27.7. The summed E-state index contributed by atoms with van der Waals surface area (Å²) >= 11 is 12.5. The fourth-order valence-electron chi connectivity index (χ4n) is 4.71. The molecule has 1 saturated heterocycles. The number of rotatable bonds is 9. The molecule has 0 radical (unpaired) electrons. The summed E-state index contributed by atoms with van der Waals surface area (Å²) < 4.78 is 17.8. The molecule has 1 amide bonds. The number of nitrogens with one attached hydrogen (secondary N) is 1. The molecule has 9 nitrogen and oxygen atoms in total. The van der Waals surface area contributed by atoms with Gasteiger partial charge in [0.15, 0.2) is 17.1 Å². The Kier molecular flexibility index (Phi) is 8.32. The Morgan fingerprint density at radius 3 is 2.58 bits per heavy atom. The number of aliphatic hydroxyl groups excluding tert-OH is 1. The van der Waals surface area contributed by atoms with E-state index in [1.807, 2.05) is 18.2 Å². The second-order valence-electron chi connectivity index (χ2n) is 10.3. The molecule has 0 bridgehead atoms. The summed E-state index contributed by atoms with van der Waals surface area (Å²) in [5.74, 6) is -0.662. The minimum absolute atomic E-state index is 0.0168. The largest absolute Gasteiger partial charge is 0.487 e. The molecule has 1 spiro atoms. The molecule has 2 aromatic rings. The molecule has 1 atom stereocenters. The Balaban J connectivity index is 1.37. The van der Waals surface area contributed by atoms with Gasteiger partial charge in [-0.15, -0.1) is 0 Å². The van der Waals surface area contributed by atoms with E-state index >= 15 is 0 Å². The van der Waals surface area contributed by atoms with Crippen molar-refractivity contribution in [3.05, 3.63) is 51.5 Å². The molecule has 2 heterocycles. The molecule has 2 aliphatic heterocycles. The van der Waals surface area contributed by atoms with Gasteiger partial charge in [0.1, 0.15) is 24.1 Å². The predicted molar refractivity (Wildman–Crippen MR) is 143 cm³/mol. The van der Waals surface area contributed by atoms with Crippen molar-refractivity contribution in [3.8, 4) is 17.2 Å². The van der Waals surface area contributed by atoms with Gasteiger partial charge in [0, 0.05) is 56.5 Å². The molecule has 11 heteroatoms. The van der Waals surface area contributed by atoms with Crippen LogP contribution in [-0.2, 0) is 11.2 Å². The Bertz CT molecular complexity index is 1210. The highest BCUT2D eigenvalue weighted by Gasteiger charge is 2.42. The minimum atomic E-state index is -1.61. The van der Waals surface area contributed by atoms with Crippen molar-refractivity contribution in [2.75, 3.05) is 33.3 Å². The Labute approximate surface area is 231 Å². The number of fused-ring (bicyclic) bond motifs is 1. The smallest absolute Gasteiger partial charge is 0.347 e. The van der Waals surface area contributed by atoms with Gasteiger partial charge in [0.05, 0.1) is 5.02 Å². The average molecular weight is 567 g/mol. The summed E-state index contributed by atoms with van der Waals surface area (Å²) in [6.45, 7) is 4.51. The van der Waals surface area contributed by atoms with E-state index in [2.05, 4.69) is 10.2 Å². The number of carbonyl (C=O) groups excluding carboxylic acids is 1. The number of hydrogen-bond acceptors (Lipinski definition) is 7. The van der Waals surface area contributed by atoms with E-state index in [9.17, 15) is 19.8 Å². The maximum atomic E-state index is 12.2. The highest BCUT2D eigenvalue weighted by atomic mass is 35.5. The molecular weight excluding hydrogens is 535 g/mol. The second-order valence-corrected chi connectivity index (χ2v) is 11.1. The van der Waals surface area contributed by atoms with Crippen LogP contribution in [-0.4, -0.2) is 77.6 Å². The van der Waals surface area contributed by atoms with Crippen LogP contribution in [0.5, 0.6) is 17.2 Å². The molecule has 1 fully saturated rings. The van der Waals surface area contributed by atoms with E-state index in [1.165, 1.54) is 33.0 Å². The quantitative estimate of drug-likeness (QED) is 0.419. The summed E-state index contributed by atoms with van der Waals surface area (Å²) in [7, 11) is 1.48. The van der Waals surface area contributed by atoms with E-state index in [4.69, 9.17) is 37.4 Å². The first-order valence-electron chi connectivity index (χ1n) is 12.4. The molecule has 0 saturated carbocycles. The van der Waals surface area contributed by atoms with Gasteiger partial charge in [-0.3, -0.25) is 4.79 Å². The van der Waals surface area contributed by atoms with Gasteiger partial charge in [-0.25, -0.2) is 4.79 Å². The van der Waals surface area contributed by atoms with E-state index in [0.717, 1.165) is 43.7 Å². The number of aliphatic carboxylic acids is 1. The van der Waals surface area contributed by atoms with Crippen molar-refractivity contribution in [1.29, 1.82) is 0 Å². The molecule has 0 aliphatic carbocycles. The summed E-state index contributed by atoms with van der Waals surface area (Å²) in [6.07, 6.45) is 1.60. The molecule has 2 aliphatic rings. The molecule has 38 heavy (non-hydrogen) atoms. The normalized spacial score (nSPS) is 17.4. The van der Waals surface area contributed by atoms with Gasteiger partial charge in [-0.05, 0) is 49.7 Å². The summed E-state index contributed by atoms with van der Waals surface area (Å²) in [5, 5.41) is 23.4. The Morgan fingerprint density at radius 1 is 1.21 bits per heavy atom. The van der Waals surface area contributed by atoms with Gasteiger partial charge in [-0.1, -0.05) is 23.2 Å². The number of likely N-dealkylation sites (tertiary alicyclic amines) is 1. The third-order valence-corrected chi connectivity index (χ3v) is 7.42. The van der Waals surface area contributed by atoms with E-state index in [0.29, 0.717) is 11.6 Å². The van der Waals surface area contributed by atoms with Crippen LogP contribution in [0.1, 0.15) is 42.6 Å². The number of nitrogens with zero attached hydrogens (tertiary/aromatic N) is 1. The van der Waals surface area contributed by atoms with Crippen LogP contribution in [0.2, 0.25) is 10.0 Å². The SMILES string of the molecule is CNC(=O)c1cc(Cl)c(OC(C)(C)C(=O)O)c(OC[C@@H](O)CN2CCC3(CC2)Cc2cc(Cl)ccc2O3)c1. The lowest BCUT2D eigenvalue weighted by Crippen LogP contribution is -2.49. The molecular formula is C27H32Cl2N2O7. The lowest BCUT2D eigenvalue weighted by molar-refractivity contribution is -0.152. The summed E-state index contributed by atoms with van der Waals surface area (Å²) in [4.78, 5) is 25.9. The van der Waals surface area contributed by atoms with Gasteiger partial charge < -0.3 is 34.6 Å². The number of ether oxygens (including phenoxy) is 3. The number of benzene rings is 2. The van der Waals surface area contributed by atoms with Gasteiger partial charge in [0.2, 0.25) is 0 Å². The Morgan fingerprint density at radius 2 is 1.92 bits per heavy atom. The van der Waals surface area contributed by atoms with Crippen molar-refractivity contribution >= 4 is 35.1 Å². The fraction of sp³-hybridized carbons (Fsp3) is 0.481. The van der Waals surface area contributed by atoms with Gasteiger partial charge in [-0.2, -0.15) is 0 Å². The van der Waals surface area contributed by atoms with Crippen LogP contribution < -0.4 is 19.5 Å². The number of halogens is 2. The van der Waals surface area contributed by atoms with Crippen molar-refractivity contribution < 1.29 is 34.0 Å². The zero-order valence-electron chi connectivity index (χ0n) is 21.6. The maximum Gasteiger partial charge on any atom is 0.347 e. The van der Waals surface area contributed by atoms with Crippen molar-refractivity contribution in [2.45, 2.75) is 50.4 Å². The van der Waals surface area contributed by atoms with Crippen LogP contribution in [0.25, 0.3) is 0 Å². The minimum Gasteiger partial charge on any atom is -0.487 e. The lowest BCUT2D eigenvalue weighted by Gasteiger charge is -2.39. The highest BCUT2D eigenvalue weighted by molar-refractivity contribution is 6.32. The second kappa shape index (κ2) is 11.2. The number of carbonyl (C=O) groups is 2. The van der Waals surface area contributed by atoms with Crippen molar-refractivity contribution in [2.24, 2.45) is 0 Å². The standard InChI is InChI=1S/C27H32Cl2N2O7/c1-26(2,25(34)35)38-23-20(29)11-16(24(33)30-3)12-22(23)36-15-19(32)14-31-8-6-27(7-9-31)13-17-10-18(28)4-5-21(17)37-27/h4-5,10-12,19,32H,6-9,13-15H2,1-3H3,(H,30,33)(H,34,35)/t19-/m0/s1. The highest BCUT2D eigenvalue weighted by Crippen LogP contribution is 2.42. The third-order valence-electron chi connectivity index (χ3n) is 6.90. The number of aliphatic hydroxyl groups is 1. The van der Waals surface area contributed by atoms with Crippen molar-refractivity contribution in [1.82, 2.24) is 10.2 Å². The summed E-state index contributed by atoms with van der Waals surface area (Å²) in [5.41, 5.74) is -0.513. The first-order chi connectivity index (χ1) is 17.9. The molecule has 2 aromatic carbocycles. The first kappa shape index (κ1) is 28.3. The Hall–Kier alpha value is -2.72. The van der Waals surface area contributed by atoms with Crippen LogP contribution in [0.15, 0.2) is 30.3 Å². The number of carboxylic acid groups (broad SMARTS) is 1. The van der Waals surface area contributed by atoms with Crippen LogP contribution in [0.4, 0.5) is 0 Å². The number of hydrogen-bond donors (Lipinski definition) is 3. The molecule has 3 N–H and O–H groups in total. The molecule has 4 rings (SSSR count). The van der Waals surface area contributed by atoms with Crippen LogP contribution in [0.3, 0.4) is 0 Å². The molecule has 0 unspecified atom stereocenters. The van der Waals surface area contributed by atoms with Crippen molar-refractivity contribution in [3.63, 3.8) is 0 Å².